The molecule has 2 aliphatic rings. The van der Waals surface area contributed by atoms with Crippen LogP contribution in [0.3, 0.4) is 0 Å². The molecule has 108 valence electrons. The molecular formula is C15H19NO4. The molecule has 0 radical (unpaired) electrons. The van der Waals surface area contributed by atoms with Gasteiger partial charge in [0.15, 0.2) is 6.10 Å². The average molecular weight is 277 g/mol. The average Bonchev–Trinajstić information content (AvgIpc) is 2.69. The molecule has 1 fully saturated rings. The third-order valence-electron chi connectivity index (χ3n) is 3.60. The molecule has 1 saturated heterocycles. The molecule has 0 N–H and O–H groups in total. The van der Waals surface area contributed by atoms with Crippen LogP contribution in [-0.2, 0) is 20.8 Å². The molecule has 0 aromatic heterocycles. The molecule has 1 amide bonds. The Morgan fingerprint density at radius 2 is 2.20 bits per heavy atom. The summed E-state index contributed by atoms with van der Waals surface area (Å²) in [5.74, 6) is 0.856. The highest BCUT2D eigenvalue weighted by atomic mass is 16.6. The minimum Gasteiger partial charge on any atom is -0.491 e. The Kier molecular flexibility index (Phi) is 3.89. The molecule has 2 heterocycles. The first-order chi connectivity index (χ1) is 9.74. The van der Waals surface area contributed by atoms with Crippen molar-refractivity contribution in [2.24, 2.45) is 0 Å². The van der Waals surface area contributed by atoms with E-state index in [1.54, 1.807) is 4.90 Å². The number of carbonyl (C=O) groups is 1. The zero-order valence-corrected chi connectivity index (χ0v) is 11.6. The molecule has 1 atom stereocenters. The van der Waals surface area contributed by atoms with Crippen molar-refractivity contribution in [1.82, 2.24) is 4.90 Å². The van der Waals surface area contributed by atoms with Crippen LogP contribution in [0.2, 0.25) is 0 Å². The number of hydrogen-bond acceptors (Lipinski definition) is 4. The molecular weight excluding hydrogens is 258 g/mol. The van der Waals surface area contributed by atoms with E-state index in [0.29, 0.717) is 39.5 Å². The molecule has 0 bridgehead atoms. The number of hydrogen-bond donors (Lipinski definition) is 0. The Morgan fingerprint density at radius 1 is 1.30 bits per heavy atom. The Morgan fingerprint density at radius 3 is 3.00 bits per heavy atom. The van der Waals surface area contributed by atoms with Crippen molar-refractivity contribution in [2.45, 2.75) is 19.6 Å². The molecule has 1 aromatic carbocycles. The summed E-state index contributed by atoms with van der Waals surface area (Å²) < 4.78 is 16.5. The second kappa shape index (κ2) is 5.81. The van der Waals surface area contributed by atoms with Gasteiger partial charge < -0.3 is 19.1 Å². The summed E-state index contributed by atoms with van der Waals surface area (Å²) in [5, 5.41) is 0. The van der Waals surface area contributed by atoms with E-state index < -0.39 is 6.10 Å². The third kappa shape index (κ3) is 2.78. The van der Waals surface area contributed by atoms with E-state index in [1.807, 2.05) is 19.1 Å². The van der Waals surface area contributed by atoms with Gasteiger partial charge >= 0.3 is 0 Å². The van der Waals surface area contributed by atoms with Gasteiger partial charge in [-0.3, -0.25) is 4.79 Å². The van der Waals surface area contributed by atoms with Gasteiger partial charge in [-0.15, -0.1) is 0 Å². The van der Waals surface area contributed by atoms with Crippen molar-refractivity contribution in [2.75, 3.05) is 33.0 Å². The fourth-order valence-corrected chi connectivity index (χ4v) is 2.55. The van der Waals surface area contributed by atoms with Gasteiger partial charge in [-0.05, 0) is 13.0 Å². The van der Waals surface area contributed by atoms with Crippen molar-refractivity contribution in [3.63, 3.8) is 0 Å². The first-order valence-corrected chi connectivity index (χ1v) is 6.94. The van der Waals surface area contributed by atoms with Gasteiger partial charge in [-0.2, -0.15) is 0 Å². The number of rotatable bonds is 1. The van der Waals surface area contributed by atoms with Crippen molar-refractivity contribution >= 4 is 5.91 Å². The Labute approximate surface area is 118 Å². The molecule has 1 unspecified atom stereocenters. The van der Waals surface area contributed by atoms with Crippen LogP contribution >= 0.6 is 0 Å². The normalized spacial score (nSPS) is 22.6. The Hall–Kier alpha value is -1.59. The third-order valence-corrected chi connectivity index (χ3v) is 3.60. The summed E-state index contributed by atoms with van der Waals surface area (Å²) >= 11 is 0. The van der Waals surface area contributed by atoms with Crippen molar-refractivity contribution < 1.29 is 19.0 Å². The Bertz CT molecular complexity index is 497. The number of nitrogens with zero attached hydrogens (tertiary/aromatic N) is 1. The minimum atomic E-state index is -0.477. The summed E-state index contributed by atoms with van der Waals surface area (Å²) in [6.45, 7) is 5.08. The topological polar surface area (TPSA) is 48.0 Å². The SMILES string of the molecule is Cc1ccc2c(c1)CN(C(=O)C1COCCO1)CCO2. The highest BCUT2D eigenvalue weighted by Gasteiger charge is 2.29. The maximum atomic E-state index is 12.5. The van der Waals surface area contributed by atoms with E-state index in [9.17, 15) is 4.79 Å². The van der Waals surface area contributed by atoms with E-state index >= 15 is 0 Å². The summed E-state index contributed by atoms with van der Waals surface area (Å²) in [6.07, 6.45) is -0.477. The standard InChI is InChI=1S/C15H19NO4/c1-11-2-3-13-12(8-11)9-16(4-5-19-13)15(17)14-10-18-6-7-20-14/h2-3,8,14H,4-7,9-10H2,1H3. The van der Waals surface area contributed by atoms with E-state index in [-0.39, 0.29) is 5.91 Å². The van der Waals surface area contributed by atoms with Gasteiger partial charge in [0.05, 0.1) is 26.4 Å². The van der Waals surface area contributed by atoms with Crippen molar-refractivity contribution in [3.8, 4) is 5.75 Å². The van der Waals surface area contributed by atoms with Crippen LogP contribution in [-0.4, -0.2) is 49.9 Å². The predicted octanol–water partition coefficient (Wildman–Crippen LogP) is 1.13. The zero-order valence-electron chi connectivity index (χ0n) is 11.6. The van der Waals surface area contributed by atoms with Crippen LogP contribution < -0.4 is 4.74 Å². The van der Waals surface area contributed by atoms with Crippen LogP contribution in [0.1, 0.15) is 11.1 Å². The fourth-order valence-electron chi connectivity index (χ4n) is 2.55. The fraction of sp³-hybridized carbons (Fsp3) is 0.533. The number of carbonyl (C=O) groups excluding carboxylic acids is 1. The first kappa shape index (κ1) is 13.4. The maximum Gasteiger partial charge on any atom is 0.254 e. The van der Waals surface area contributed by atoms with Crippen molar-refractivity contribution in [1.29, 1.82) is 0 Å². The molecule has 0 spiro atoms. The van der Waals surface area contributed by atoms with Crippen LogP contribution in [0.25, 0.3) is 0 Å². The highest BCUT2D eigenvalue weighted by Crippen LogP contribution is 2.24. The number of benzene rings is 1. The molecule has 3 rings (SSSR count). The predicted molar refractivity (Wildman–Crippen MR) is 72.7 cm³/mol. The quantitative estimate of drug-likeness (QED) is 0.772. The van der Waals surface area contributed by atoms with Gasteiger partial charge in [0.1, 0.15) is 12.4 Å². The van der Waals surface area contributed by atoms with Crippen LogP contribution in [0.5, 0.6) is 5.75 Å². The van der Waals surface area contributed by atoms with E-state index in [1.165, 1.54) is 5.56 Å². The first-order valence-electron chi connectivity index (χ1n) is 6.94. The van der Waals surface area contributed by atoms with Gasteiger partial charge in [-0.25, -0.2) is 0 Å². The minimum absolute atomic E-state index is 0.0114. The number of aryl methyl sites for hydroxylation is 1. The highest BCUT2D eigenvalue weighted by molar-refractivity contribution is 5.81. The van der Waals surface area contributed by atoms with Crippen LogP contribution in [0.15, 0.2) is 18.2 Å². The van der Waals surface area contributed by atoms with Gasteiger partial charge in [0.25, 0.3) is 5.91 Å². The van der Waals surface area contributed by atoms with Crippen LogP contribution in [0, 0.1) is 6.92 Å². The van der Waals surface area contributed by atoms with E-state index in [4.69, 9.17) is 14.2 Å². The lowest BCUT2D eigenvalue weighted by atomic mass is 10.1. The van der Waals surface area contributed by atoms with E-state index in [0.717, 1.165) is 11.3 Å². The number of fused-ring (bicyclic) bond motifs is 1. The maximum absolute atomic E-state index is 12.5. The molecule has 5 nitrogen and oxygen atoms in total. The zero-order chi connectivity index (χ0) is 13.9. The largest absolute Gasteiger partial charge is 0.491 e. The molecule has 20 heavy (non-hydrogen) atoms. The van der Waals surface area contributed by atoms with Gasteiger partial charge in [0.2, 0.25) is 0 Å². The summed E-state index contributed by atoms with van der Waals surface area (Å²) in [5.41, 5.74) is 2.21. The molecule has 5 heteroatoms. The smallest absolute Gasteiger partial charge is 0.254 e. The lowest BCUT2D eigenvalue weighted by Crippen LogP contribution is -2.45. The monoisotopic (exact) mass is 277 g/mol. The molecule has 1 aromatic rings. The molecule has 0 aliphatic carbocycles. The summed E-state index contributed by atoms with van der Waals surface area (Å²) in [7, 11) is 0. The molecule has 2 aliphatic heterocycles. The summed E-state index contributed by atoms with van der Waals surface area (Å²) in [4.78, 5) is 14.3. The lowest BCUT2D eigenvalue weighted by molar-refractivity contribution is -0.158. The second-order valence-corrected chi connectivity index (χ2v) is 5.15. The van der Waals surface area contributed by atoms with Gasteiger partial charge in [-0.1, -0.05) is 17.7 Å². The molecule has 0 saturated carbocycles. The number of amides is 1. The van der Waals surface area contributed by atoms with Gasteiger partial charge in [0, 0.05) is 12.1 Å². The van der Waals surface area contributed by atoms with Crippen molar-refractivity contribution in [3.05, 3.63) is 29.3 Å². The number of ether oxygens (including phenoxy) is 3. The second-order valence-electron chi connectivity index (χ2n) is 5.15. The van der Waals surface area contributed by atoms with E-state index in [2.05, 4.69) is 6.07 Å². The summed E-state index contributed by atoms with van der Waals surface area (Å²) in [6, 6.07) is 6.06. The lowest BCUT2D eigenvalue weighted by Gasteiger charge is -2.28. The Balaban J connectivity index is 1.75. The van der Waals surface area contributed by atoms with Crippen LogP contribution in [0.4, 0.5) is 0 Å².